The van der Waals surface area contributed by atoms with Gasteiger partial charge in [0.05, 0.1) is 0 Å². The van der Waals surface area contributed by atoms with Gasteiger partial charge in [0, 0.05) is 24.8 Å². The predicted octanol–water partition coefficient (Wildman–Crippen LogP) is 4.54. The van der Waals surface area contributed by atoms with Crippen LogP contribution < -0.4 is 16.0 Å². The number of nitrogens with one attached hydrogen (secondary N) is 1. The number of aromatic nitrogens is 2. The van der Waals surface area contributed by atoms with E-state index in [1.807, 2.05) is 6.07 Å². The second-order valence-corrected chi connectivity index (χ2v) is 7.33. The molecule has 1 saturated heterocycles. The first-order chi connectivity index (χ1) is 14.1. The number of hydrogen-bond acceptors (Lipinski definition) is 5. The lowest BCUT2D eigenvalue weighted by Gasteiger charge is -2.33. The van der Waals surface area contributed by atoms with Gasteiger partial charge in [-0.05, 0) is 42.9 Å². The second kappa shape index (κ2) is 8.43. The Morgan fingerprint density at radius 2 is 1.76 bits per heavy atom. The zero-order valence-corrected chi connectivity index (χ0v) is 16.0. The van der Waals surface area contributed by atoms with Gasteiger partial charge in [0.25, 0.3) is 0 Å². The van der Waals surface area contributed by atoms with Crippen LogP contribution in [-0.2, 0) is 6.42 Å². The van der Waals surface area contributed by atoms with Crippen molar-refractivity contribution in [3.63, 3.8) is 0 Å². The van der Waals surface area contributed by atoms with Crippen LogP contribution >= 0.6 is 0 Å². The van der Waals surface area contributed by atoms with Gasteiger partial charge < -0.3 is 16.0 Å². The highest BCUT2D eigenvalue weighted by Crippen LogP contribution is 2.32. The van der Waals surface area contributed by atoms with Crippen molar-refractivity contribution in [3.8, 4) is 0 Å². The Balaban J connectivity index is 1.43. The third kappa shape index (κ3) is 4.45. The third-order valence-corrected chi connectivity index (χ3v) is 5.33. The number of halogens is 2. The number of hydrogen-bond donors (Lipinski definition) is 2. The van der Waals surface area contributed by atoms with Gasteiger partial charge in [-0.1, -0.05) is 30.3 Å². The number of benzene rings is 2. The van der Waals surface area contributed by atoms with Crippen LogP contribution in [0.3, 0.4) is 0 Å². The maximum absolute atomic E-state index is 13.5. The van der Waals surface area contributed by atoms with E-state index in [1.54, 1.807) is 0 Å². The highest BCUT2D eigenvalue weighted by molar-refractivity contribution is 5.78. The molecule has 0 unspecified atom stereocenters. The van der Waals surface area contributed by atoms with Crippen LogP contribution in [0.2, 0.25) is 0 Å². The maximum atomic E-state index is 13.5. The molecule has 5 nitrogen and oxygen atoms in total. The fourth-order valence-corrected chi connectivity index (χ4v) is 3.74. The van der Waals surface area contributed by atoms with Crippen LogP contribution in [0.1, 0.15) is 18.4 Å². The standard InChI is InChI=1S/C22H23F2N5/c23-18-7-6-17(13-19(18)24)28-21-20(25)22(27-14-26-21)29-10-8-16(9-11-29)12-15-4-2-1-3-5-15/h1-7,13-14,16H,8-12,25H2,(H,26,27,28). The van der Waals surface area contributed by atoms with Crippen molar-refractivity contribution in [1.82, 2.24) is 9.97 Å². The molecule has 1 fully saturated rings. The van der Waals surface area contributed by atoms with E-state index < -0.39 is 11.6 Å². The van der Waals surface area contributed by atoms with Crippen LogP contribution in [0.25, 0.3) is 0 Å². The molecule has 1 aliphatic heterocycles. The molecule has 0 atom stereocenters. The van der Waals surface area contributed by atoms with Gasteiger partial charge in [-0.15, -0.1) is 0 Å². The number of nitrogens with zero attached hydrogens (tertiary/aromatic N) is 3. The molecule has 3 N–H and O–H groups in total. The Morgan fingerprint density at radius 1 is 1.00 bits per heavy atom. The van der Waals surface area contributed by atoms with E-state index in [9.17, 15) is 8.78 Å². The highest BCUT2D eigenvalue weighted by atomic mass is 19.2. The summed E-state index contributed by atoms with van der Waals surface area (Å²) in [5.74, 6) is -0.138. The lowest BCUT2D eigenvalue weighted by atomic mass is 9.90. The van der Waals surface area contributed by atoms with E-state index in [1.165, 1.54) is 18.0 Å². The molecular weight excluding hydrogens is 372 g/mol. The summed E-state index contributed by atoms with van der Waals surface area (Å²) in [6, 6.07) is 14.1. The van der Waals surface area contributed by atoms with Gasteiger partial charge in [0.1, 0.15) is 12.0 Å². The summed E-state index contributed by atoms with van der Waals surface area (Å²) in [7, 11) is 0. The molecule has 0 bridgehead atoms. The lowest BCUT2D eigenvalue weighted by molar-refractivity contribution is 0.402. The molecule has 29 heavy (non-hydrogen) atoms. The van der Waals surface area contributed by atoms with E-state index in [2.05, 4.69) is 44.5 Å². The summed E-state index contributed by atoms with van der Waals surface area (Å²) in [5.41, 5.74) is 8.44. The zero-order valence-electron chi connectivity index (χ0n) is 16.0. The lowest BCUT2D eigenvalue weighted by Crippen LogP contribution is -2.35. The molecule has 0 aliphatic carbocycles. The Kier molecular flexibility index (Phi) is 5.55. The number of piperidine rings is 1. The van der Waals surface area contributed by atoms with Crippen LogP contribution in [0, 0.1) is 17.6 Å². The van der Waals surface area contributed by atoms with Crippen molar-refractivity contribution in [1.29, 1.82) is 0 Å². The third-order valence-electron chi connectivity index (χ3n) is 5.33. The molecule has 0 spiro atoms. The van der Waals surface area contributed by atoms with Gasteiger partial charge in [0.15, 0.2) is 23.3 Å². The maximum Gasteiger partial charge on any atom is 0.160 e. The smallest absolute Gasteiger partial charge is 0.160 e. The molecule has 2 heterocycles. The van der Waals surface area contributed by atoms with Crippen molar-refractivity contribution in [2.75, 3.05) is 29.0 Å². The van der Waals surface area contributed by atoms with Gasteiger partial charge in [-0.25, -0.2) is 18.7 Å². The monoisotopic (exact) mass is 395 g/mol. The number of nitrogens with two attached hydrogens (primary N) is 1. The summed E-state index contributed by atoms with van der Waals surface area (Å²) >= 11 is 0. The van der Waals surface area contributed by atoms with Crippen molar-refractivity contribution >= 4 is 23.0 Å². The van der Waals surface area contributed by atoms with Gasteiger partial charge in [-0.3, -0.25) is 0 Å². The Labute approximate surface area is 168 Å². The number of anilines is 4. The molecule has 7 heteroatoms. The van der Waals surface area contributed by atoms with E-state index in [4.69, 9.17) is 5.73 Å². The SMILES string of the molecule is Nc1c(Nc2ccc(F)c(F)c2)ncnc1N1CCC(Cc2ccccc2)CC1. The van der Waals surface area contributed by atoms with Gasteiger partial charge in [-0.2, -0.15) is 0 Å². The molecule has 0 amide bonds. The molecule has 0 saturated carbocycles. The Hall–Kier alpha value is -3.22. The summed E-state index contributed by atoms with van der Waals surface area (Å²) in [6.07, 6.45) is 4.63. The average Bonchev–Trinajstić information content (AvgIpc) is 2.74. The van der Waals surface area contributed by atoms with Crippen molar-refractivity contribution in [3.05, 3.63) is 72.1 Å². The molecule has 1 aromatic heterocycles. The molecule has 4 rings (SSSR count). The minimum Gasteiger partial charge on any atom is -0.393 e. The van der Waals surface area contributed by atoms with E-state index in [0.29, 0.717) is 28.9 Å². The van der Waals surface area contributed by atoms with Crippen LogP contribution in [0.15, 0.2) is 54.9 Å². The minimum atomic E-state index is -0.927. The average molecular weight is 395 g/mol. The topological polar surface area (TPSA) is 67.1 Å². The normalized spacial score (nSPS) is 14.8. The number of nitrogen functional groups attached to an aromatic ring is 1. The van der Waals surface area contributed by atoms with Crippen LogP contribution in [-0.4, -0.2) is 23.1 Å². The van der Waals surface area contributed by atoms with Gasteiger partial charge >= 0.3 is 0 Å². The molecular formula is C22H23F2N5. The Bertz CT molecular complexity index is 972. The van der Waals surface area contributed by atoms with Crippen LogP contribution in [0.5, 0.6) is 0 Å². The van der Waals surface area contributed by atoms with E-state index in [0.717, 1.165) is 44.5 Å². The minimum absolute atomic E-state index is 0.377. The summed E-state index contributed by atoms with van der Waals surface area (Å²) in [6.45, 7) is 1.73. The number of rotatable bonds is 5. The first-order valence-corrected chi connectivity index (χ1v) is 9.71. The summed E-state index contributed by atoms with van der Waals surface area (Å²) in [4.78, 5) is 10.7. The molecule has 3 aromatic rings. The highest BCUT2D eigenvalue weighted by Gasteiger charge is 2.23. The van der Waals surface area contributed by atoms with E-state index >= 15 is 0 Å². The quantitative estimate of drug-likeness (QED) is 0.664. The summed E-state index contributed by atoms with van der Waals surface area (Å²) < 4.78 is 26.6. The zero-order chi connectivity index (χ0) is 20.2. The van der Waals surface area contributed by atoms with Gasteiger partial charge in [0.2, 0.25) is 0 Å². The predicted molar refractivity (Wildman–Crippen MR) is 111 cm³/mol. The fourth-order valence-electron chi connectivity index (χ4n) is 3.74. The molecule has 0 radical (unpaired) electrons. The summed E-state index contributed by atoms with van der Waals surface area (Å²) in [5, 5.41) is 2.95. The molecule has 150 valence electrons. The van der Waals surface area contributed by atoms with Crippen molar-refractivity contribution in [2.45, 2.75) is 19.3 Å². The van der Waals surface area contributed by atoms with Crippen molar-refractivity contribution in [2.24, 2.45) is 5.92 Å². The Morgan fingerprint density at radius 3 is 2.48 bits per heavy atom. The van der Waals surface area contributed by atoms with Crippen LogP contribution in [0.4, 0.5) is 31.8 Å². The first kappa shape index (κ1) is 19.1. The first-order valence-electron chi connectivity index (χ1n) is 9.71. The second-order valence-electron chi connectivity index (χ2n) is 7.33. The van der Waals surface area contributed by atoms with E-state index in [-0.39, 0.29) is 0 Å². The molecule has 1 aliphatic rings. The van der Waals surface area contributed by atoms with Crippen molar-refractivity contribution < 1.29 is 8.78 Å². The largest absolute Gasteiger partial charge is 0.393 e. The fraction of sp³-hybridized carbons (Fsp3) is 0.273. The molecule has 2 aromatic carbocycles.